The van der Waals surface area contributed by atoms with Gasteiger partial charge in [-0.2, -0.15) is 5.26 Å². The second kappa shape index (κ2) is 7.89. The van der Waals surface area contributed by atoms with Gasteiger partial charge in [-0.05, 0) is 78.8 Å². The molecule has 0 atom stereocenters. The van der Waals surface area contributed by atoms with E-state index >= 15 is 0 Å². The number of rotatable bonds is 2. The Labute approximate surface area is 197 Å². The van der Waals surface area contributed by atoms with Crippen LogP contribution in [-0.2, 0) is 0 Å². The number of hydrogen-bond donors (Lipinski definition) is 0. The zero-order valence-corrected chi connectivity index (χ0v) is 18.3. The van der Waals surface area contributed by atoms with Gasteiger partial charge in [0.2, 0.25) is 0 Å². The number of nitrogens with zero attached hydrogens (tertiary/aromatic N) is 2. The van der Waals surface area contributed by atoms with Crippen LogP contribution in [0.5, 0.6) is 0 Å². The first kappa shape index (κ1) is 19.7. The molecule has 0 spiro atoms. The fourth-order valence-corrected chi connectivity index (χ4v) is 4.90. The van der Waals surface area contributed by atoms with E-state index < -0.39 is 0 Å². The fourth-order valence-electron chi connectivity index (χ4n) is 4.90. The molecule has 0 radical (unpaired) electrons. The van der Waals surface area contributed by atoms with Crippen molar-refractivity contribution in [3.05, 3.63) is 126 Å². The average molecular weight is 431 g/mol. The Bertz CT molecular complexity index is 1660. The van der Waals surface area contributed by atoms with Crippen LogP contribution < -0.4 is 0 Å². The minimum Gasteiger partial charge on any atom is -0.238 e. The van der Waals surface area contributed by atoms with E-state index in [2.05, 4.69) is 71.6 Å². The number of hydrogen-bond acceptors (Lipinski definition) is 1. The Hall–Kier alpha value is -4.92. The van der Waals surface area contributed by atoms with Crippen LogP contribution in [0, 0.1) is 17.9 Å². The van der Waals surface area contributed by atoms with Gasteiger partial charge >= 0.3 is 0 Å². The maximum Gasteiger partial charge on any atom is 0.187 e. The minimum absolute atomic E-state index is 0.642. The predicted molar refractivity (Wildman–Crippen MR) is 141 cm³/mol. The second-order valence-electron chi connectivity index (χ2n) is 8.39. The first-order chi connectivity index (χ1) is 16.8. The van der Waals surface area contributed by atoms with Crippen molar-refractivity contribution in [1.82, 2.24) is 0 Å². The van der Waals surface area contributed by atoms with Gasteiger partial charge < -0.3 is 0 Å². The number of benzene rings is 6. The van der Waals surface area contributed by atoms with Gasteiger partial charge in [-0.3, -0.25) is 0 Å². The highest BCUT2D eigenvalue weighted by Gasteiger charge is 2.14. The summed E-state index contributed by atoms with van der Waals surface area (Å²) in [6.45, 7) is 7.27. The summed E-state index contributed by atoms with van der Waals surface area (Å²) in [6, 6.07) is 39.5. The molecule has 0 heterocycles. The summed E-state index contributed by atoms with van der Waals surface area (Å²) in [5, 5.41) is 16.4. The standard InChI is InChI=1S/C32H18N2/c1-34-25-16-14-23(15-17-25)31-19-24-18-30(22-12-10-21(20-33)11-13-22)26-6-2-4-8-28(26)32(24)29-9-5-3-7-27(29)31/h2-19H. The fraction of sp³-hybridized carbons (Fsp3) is 0. The van der Waals surface area contributed by atoms with Crippen molar-refractivity contribution >= 4 is 38.0 Å². The highest BCUT2D eigenvalue weighted by Crippen LogP contribution is 2.42. The first-order valence-electron chi connectivity index (χ1n) is 11.1. The third-order valence-electron chi connectivity index (χ3n) is 6.49. The Balaban J connectivity index is 1.73. The van der Waals surface area contributed by atoms with Crippen molar-refractivity contribution in [3.63, 3.8) is 0 Å². The molecule has 34 heavy (non-hydrogen) atoms. The van der Waals surface area contributed by atoms with E-state index in [4.69, 9.17) is 6.57 Å². The quantitative estimate of drug-likeness (QED) is 0.199. The molecule has 0 unspecified atom stereocenters. The molecule has 0 bridgehead atoms. The van der Waals surface area contributed by atoms with E-state index in [1.807, 2.05) is 48.5 Å². The van der Waals surface area contributed by atoms with Gasteiger partial charge in [0.1, 0.15) is 0 Å². The summed E-state index contributed by atoms with van der Waals surface area (Å²) in [5.74, 6) is 0. The Morgan fingerprint density at radius 3 is 1.53 bits per heavy atom. The SMILES string of the molecule is [C-]#[N+]c1ccc(-c2cc3cc(-c4ccc(C#N)cc4)c4ccccc4c3c3ccccc23)cc1. The van der Waals surface area contributed by atoms with Gasteiger partial charge in [-0.1, -0.05) is 84.9 Å². The molecule has 6 rings (SSSR count). The predicted octanol–water partition coefficient (Wildman–Crippen LogP) is 8.90. The maximum absolute atomic E-state index is 9.22. The molecule has 0 aromatic heterocycles. The lowest BCUT2D eigenvalue weighted by atomic mass is 9.87. The summed E-state index contributed by atoms with van der Waals surface area (Å²) in [6.07, 6.45) is 0. The summed E-state index contributed by atoms with van der Waals surface area (Å²) < 4.78 is 0. The largest absolute Gasteiger partial charge is 0.238 e. The number of fused-ring (bicyclic) bond motifs is 5. The molecule has 0 aliphatic heterocycles. The van der Waals surface area contributed by atoms with Crippen molar-refractivity contribution in [3.8, 4) is 28.3 Å². The highest BCUT2D eigenvalue weighted by molar-refractivity contribution is 6.25. The topological polar surface area (TPSA) is 28.1 Å². The van der Waals surface area contributed by atoms with E-state index in [1.165, 1.54) is 32.3 Å². The van der Waals surface area contributed by atoms with Crippen LogP contribution in [0.15, 0.2) is 109 Å². The van der Waals surface area contributed by atoms with E-state index in [0.717, 1.165) is 22.3 Å². The summed E-state index contributed by atoms with van der Waals surface area (Å²) in [4.78, 5) is 3.54. The molecule has 156 valence electrons. The van der Waals surface area contributed by atoms with Crippen molar-refractivity contribution in [1.29, 1.82) is 5.26 Å². The summed E-state index contributed by atoms with van der Waals surface area (Å²) >= 11 is 0. The highest BCUT2D eigenvalue weighted by atomic mass is 14.6. The average Bonchev–Trinajstić information content (AvgIpc) is 2.92. The monoisotopic (exact) mass is 430 g/mol. The molecule has 0 N–H and O–H groups in total. The third kappa shape index (κ3) is 3.10. The molecule has 0 aliphatic rings. The van der Waals surface area contributed by atoms with Crippen LogP contribution in [-0.4, -0.2) is 0 Å². The number of nitriles is 1. The Kier molecular flexibility index (Phi) is 4.58. The smallest absolute Gasteiger partial charge is 0.187 e. The summed E-state index contributed by atoms with van der Waals surface area (Å²) in [7, 11) is 0. The lowest BCUT2D eigenvalue weighted by Crippen LogP contribution is -1.89. The van der Waals surface area contributed by atoms with Crippen LogP contribution in [0.25, 0.3) is 59.4 Å². The third-order valence-corrected chi connectivity index (χ3v) is 6.49. The molecule has 2 heteroatoms. The van der Waals surface area contributed by atoms with Crippen LogP contribution in [0.3, 0.4) is 0 Å². The lowest BCUT2D eigenvalue weighted by Gasteiger charge is -2.16. The van der Waals surface area contributed by atoms with Crippen molar-refractivity contribution < 1.29 is 0 Å². The van der Waals surface area contributed by atoms with Crippen LogP contribution >= 0.6 is 0 Å². The van der Waals surface area contributed by atoms with Crippen LogP contribution in [0.2, 0.25) is 0 Å². The van der Waals surface area contributed by atoms with Crippen molar-refractivity contribution in [2.75, 3.05) is 0 Å². The molecular formula is C32H18N2. The van der Waals surface area contributed by atoms with E-state index in [0.29, 0.717) is 11.3 Å². The van der Waals surface area contributed by atoms with Gasteiger partial charge in [0.15, 0.2) is 5.69 Å². The maximum atomic E-state index is 9.22. The molecule has 2 nitrogen and oxygen atoms in total. The molecule has 0 aliphatic carbocycles. The summed E-state index contributed by atoms with van der Waals surface area (Å²) in [5.41, 5.74) is 5.79. The molecule has 6 aromatic rings. The van der Waals surface area contributed by atoms with Crippen LogP contribution in [0.1, 0.15) is 5.56 Å². The van der Waals surface area contributed by atoms with Crippen molar-refractivity contribution in [2.24, 2.45) is 0 Å². The molecular weight excluding hydrogens is 412 g/mol. The van der Waals surface area contributed by atoms with Crippen LogP contribution in [0.4, 0.5) is 5.69 Å². The Morgan fingerprint density at radius 2 is 1.06 bits per heavy atom. The van der Waals surface area contributed by atoms with E-state index in [-0.39, 0.29) is 0 Å². The van der Waals surface area contributed by atoms with Gasteiger partial charge in [-0.25, -0.2) is 4.85 Å². The van der Waals surface area contributed by atoms with Gasteiger partial charge in [0.05, 0.1) is 18.2 Å². The zero-order valence-electron chi connectivity index (χ0n) is 18.3. The van der Waals surface area contributed by atoms with E-state index in [9.17, 15) is 5.26 Å². The van der Waals surface area contributed by atoms with Gasteiger partial charge in [0, 0.05) is 0 Å². The van der Waals surface area contributed by atoms with Gasteiger partial charge in [0.25, 0.3) is 0 Å². The normalized spacial score (nSPS) is 10.9. The van der Waals surface area contributed by atoms with Gasteiger partial charge in [-0.15, -0.1) is 0 Å². The molecule has 0 fully saturated rings. The minimum atomic E-state index is 0.642. The van der Waals surface area contributed by atoms with E-state index in [1.54, 1.807) is 0 Å². The van der Waals surface area contributed by atoms with Crippen molar-refractivity contribution in [2.45, 2.75) is 0 Å². The molecule has 0 saturated heterocycles. The molecule has 6 aromatic carbocycles. The first-order valence-corrected chi connectivity index (χ1v) is 11.1. The molecule has 0 saturated carbocycles. The Morgan fingerprint density at radius 1 is 0.588 bits per heavy atom. The lowest BCUT2D eigenvalue weighted by molar-refractivity contribution is 1.48. The zero-order chi connectivity index (χ0) is 23.1. The second-order valence-corrected chi connectivity index (χ2v) is 8.39. The molecule has 0 amide bonds.